The van der Waals surface area contributed by atoms with Gasteiger partial charge in [0, 0.05) is 32.7 Å². The monoisotopic (exact) mass is 618 g/mol. The third-order valence-electron chi connectivity index (χ3n) is 7.84. The molecular weight excluding hydrogens is 587 g/mol. The Bertz CT molecular complexity index is 1280. The van der Waals surface area contributed by atoms with Gasteiger partial charge in [0.1, 0.15) is 11.5 Å². The second-order valence-corrected chi connectivity index (χ2v) is 11.4. The lowest BCUT2D eigenvalue weighted by molar-refractivity contribution is -0.262. The van der Waals surface area contributed by atoms with E-state index in [9.17, 15) is 36.6 Å². The number of alkyl halides is 5. The largest absolute Gasteiger partial charge is 0.490 e. The molecule has 2 amide bonds. The molecule has 1 atom stereocenters. The average molecular weight is 619 g/mol. The van der Waals surface area contributed by atoms with Crippen molar-refractivity contribution in [3.63, 3.8) is 0 Å². The van der Waals surface area contributed by atoms with E-state index >= 15 is 0 Å². The summed E-state index contributed by atoms with van der Waals surface area (Å²) in [6.45, 7) is -3.23. The van der Waals surface area contributed by atoms with Crippen LogP contribution >= 0.6 is 11.6 Å². The number of nitrogens with zero attached hydrogens (tertiary/aromatic N) is 2. The van der Waals surface area contributed by atoms with Gasteiger partial charge < -0.3 is 24.4 Å². The molecule has 2 aromatic carbocycles. The van der Waals surface area contributed by atoms with Crippen LogP contribution < -0.4 is 9.47 Å². The Morgan fingerprint density at radius 2 is 1.71 bits per heavy atom. The van der Waals surface area contributed by atoms with Crippen LogP contribution in [-0.2, 0) is 10.4 Å². The summed E-state index contributed by atoms with van der Waals surface area (Å²) in [6.07, 6.45) is -2.07. The Hall–Kier alpha value is -3.12. The molecule has 0 aromatic heterocycles. The summed E-state index contributed by atoms with van der Waals surface area (Å²) in [7, 11) is 3.27. The summed E-state index contributed by atoms with van der Waals surface area (Å²) < 4.78 is 77.5. The van der Waals surface area contributed by atoms with Crippen molar-refractivity contribution in [1.82, 2.24) is 9.80 Å². The van der Waals surface area contributed by atoms with Crippen LogP contribution in [0.25, 0.3) is 0 Å². The molecule has 2 fully saturated rings. The number of aliphatic hydroxyl groups is 1. The quantitative estimate of drug-likeness (QED) is 0.355. The van der Waals surface area contributed by atoms with E-state index in [4.69, 9.17) is 16.3 Å². The van der Waals surface area contributed by atoms with Crippen LogP contribution in [0.2, 0.25) is 5.02 Å². The Morgan fingerprint density at radius 3 is 2.29 bits per heavy atom. The zero-order valence-corrected chi connectivity index (χ0v) is 23.8. The van der Waals surface area contributed by atoms with E-state index in [1.807, 2.05) is 0 Å². The molecule has 1 saturated heterocycles. The van der Waals surface area contributed by atoms with E-state index in [0.29, 0.717) is 41.2 Å². The number of ether oxygens (including phenoxy) is 2. The van der Waals surface area contributed by atoms with Crippen LogP contribution in [0.5, 0.6) is 11.5 Å². The zero-order valence-electron chi connectivity index (χ0n) is 23.0. The molecule has 42 heavy (non-hydrogen) atoms. The minimum absolute atomic E-state index is 0.0188. The lowest BCUT2D eigenvalue weighted by Crippen LogP contribution is -2.57. The molecule has 0 bridgehead atoms. The Morgan fingerprint density at radius 1 is 1.05 bits per heavy atom. The van der Waals surface area contributed by atoms with E-state index < -0.39 is 35.6 Å². The highest BCUT2D eigenvalue weighted by Gasteiger charge is 2.62. The summed E-state index contributed by atoms with van der Waals surface area (Å²) in [5.41, 5.74) is -4.41. The minimum atomic E-state index is -5.39. The third kappa shape index (κ3) is 6.91. The molecule has 0 unspecified atom stereocenters. The summed E-state index contributed by atoms with van der Waals surface area (Å²) in [4.78, 5) is 27.6. The van der Waals surface area contributed by atoms with Crippen LogP contribution in [0.4, 0.5) is 22.0 Å². The maximum Gasteiger partial charge on any atom is 0.430 e. The van der Waals surface area contributed by atoms with Crippen LogP contribution in [0.3, 0.4) is 0 Å². The molecule has 1 saturated carbocycles. The number of rotatable bonds is 9. The molecule has 1 heterocycles. The van der Waals surface area contributed by atoms with Gasteiger partial charge in [-0.1, -0.05) is 23.7 Å². The highest BCUT2D eigenvalue weighted by Crippen LogP contribution is 2.43. The van der Waals surface area contributed by atoms with Gasteiger partial charge in [-0.2, -0.15) is 22.0 Å². The second kappa shape index (κ2) is 12.6. The fourth-order valence-electron chi connectivity index (χ4n) is 5.52. The second-order valence-electron chi connectivity index (χ2n) is 11.0. The van der Waals surface area contributed by atoms with Gasteiger partial charge in [-0.15, -0.1) is 0 Å². The highest BCUT2D eigenvalue weighted by molar-refractivity contribution is 6.34. The number of benzene rings is 2. The van der Waals surface area contributed by atoms with E-state index in [0.717, 1.165) is 42.4 Å². The SMILES string of the molecule is CN(C)C(=O)c1ccc(OC2CC(CC3CCN(C(=O)[C@](O)(c4cccc(OC(F)F)c4)C(F)(F)F)CC3)C2)cc1Cl. The number of amides is 2. The molecule has 0 spiro atoms. The van der Waals surface area contributed by atoms with Crippen molar-refractivity contribution >= 4 is 23.4 Å². The molecule has 2 aliphatic rings. The molecule has 1 N–H and O–H groups in total. The molecule has 1 aliphatic carbocycles. The Kier molecular flexibility index (Phi) is 9.56. The summed E-state index contributed by atoms with van der Waals surface area (Å²) in [6, 6.07) is 8.42. The predicted octanol–water partition coefficient (Wildman–Crippen LogP) is 5.88. The van der Waals surface area contributed by atoms with Gasteiger partial charge in [-0.3, -0.25) is 9.59 Å². The lowest BCUT2D eigenvalue weighted by atomic mass is 9.74. The van der Waals surface area contributed by atoms with Crippen LogP contribution in [-0.4, -0.2) is 72.8 Å². The molecule has 230 valence electrons. The molecule has 4 rings (SSSR count). The number of carbonyl (C=O) groups is 2. The van der Waals surface area contributed by atoms with Gasteiger partial charge in [0.2, 0.25) is 0 Å². The van der Waals surface area contributed by atoms with Gasteiger partial charge in [-0.25, -0.2) is 0 Å². The first-order valence-electron chi connectivity index (χ1n) is 13.5. The number of halogens is 6. The van der Waals surface area contributed by atoms with E-state index in [2.05, 4.69) is 4.74 Å². The Balaban J connectivity index is 1.29. The van der Waals surface area contributed by atoms with Gasteiger partial charge in [-0.05, 0) is 74.3 Å². The van der Waals surface area contributed by atoms with E-state index in [-0.39, 0.29) is 31.0 Å². The fourth-order valence-corrected chi connectivity index (χ4v) is 5.77. The van der Waals surface area contributed by atoms with Crippen molar-refractivity contribution < 1.29 is 46.1 Å². The van der Waals surface area contributed by atoms with Crippen molar-refractivity contribution in [1.29, 1.82) is 0 Å². The molecule has 13 heteroatoms. The molecule has 0 radical (unpaired) electrons. The van der Waals surface area contributed by atoms with Crippen LogP contribution in [0, 0.1) is 11.8 Å². The third-order valence-corrected chi connectivity index (χ3v) is 8.15. The maximum absolute atomic E-state index is 14.1. The first-order chi connectivity index (χ1) is 19.7. The number of hydrogen-bond donors (Lipinski definition) is 1. The smallest absolute Gasteiger partial charge is 0.430 e. The minimum Gasteiger partial charge on any atom is -0.490 e. The number of hydrogen-bond acceptors (Lipinski definition) is 5. The predicted molar refractivity (Wildman–Crippen MR) is 144 cm³/mol. The van der Waals surface area contributed by atoms with Crippen molar-refractivity contribution in [2.45, 2.75) is 56.6 Å². The average Bonchev–Trinajstić information content (AvgIpc) is 2.90. The fraction of sp³-hybridized carbons (Fsp3) is 0.517. The van der Waals surface area contributed by atoms with Crippen LogP contribution in [0.1, 0.15) is 48.0 Å². The molecule has 7 nitrogen and oxygen atoms in total. The Labute approximate surface area is 245 Å². The number of piperidine rings is 1. The first-order valence-corrected chi connectivity index (χ1v) is 13.9. The van der Waals surface area contributed by atoms with Crippen molar-refractivity contribution in [3.8, 4) is 11.5 Å². The van der Waals surface area contributed by atoms with Gasteiger partial charge >= 0.3 is 12.8 Å². The van der Waals surface area contributed by atoms with Crippen molar-refractivity contribution in [3.05, 3.63) is 58.6 Å². The summed E-state index contributed by atoms with van der Waals surface area (Å²) >= 11 is 6.25. The normalized spacial score (nSPS) is 21.0. The zero-order chi connectivity index (χ0) is 30.8. The number of carbonyl (C=O) groups excluding carboxylic acids is 2. The highest BCUT2D eigenvalue weighted by atomic mass is 35.5. The molecule has 1 aliphatic heterocycles. The van der Waals surface area contributed by atoms with Gasteiger partial charge in [0.25, 0.3) is 17.4 Å². The maximum atomic E-state index is 14.1. The summed E-state index contributed by atoms with van der Waals surface area (Å²) in [5, 5.41) is 11.0. The summed E-state index contributed by atoms with van der Waals surface area (Å²) in [5.74, 6) is -1.24. The van der Waals surface area contributed by atoms with Crippen molar-refractivity contribution in [2.24, 2.45) is 11.8 Å². The van der Waals surface area contributed by atoms with Crippen LogP contribution in [0.15, 0.2) is 42.5 Å². The topological polar surface area (TPSA) is 79.3 Å². The van der Waals surface area contributed by atoms with Gasteiger partial charge in [0.05, 0.1) is 16.7 Å². The molecular formula is C29H32ClF5N2O5. The lowest BCUT2D eigenvalue weighted by Gasteiger charge is -2.41. The number of likely N-dealkylation sites (tertiary alicyclic amines) is 1. The van der Waals surface area contributed by atoms with E-state index in [1.165, 1.54) is 4.90 Å². The van der Waals surface area contributed by atoms with Crippen molar-refractivity contribution in [2.75, 3.05) is 27.2 Å². The van der Waals surface area contributed by atoms with E-state index in [1.54, 1.807) is 32.3 Å². The van der Waals surface area contributed by atoms with Gasteiger partial charge in [0.15, 0.2) is 0 Å². The molecule has 2 aromatic rings. The first kappa shape index (κ1) is 31.8. The standard InChI is InChI=1S/C29H32ClF5N2O5/c1-36(2)25(38)23-7-6-21(16-24(23)30)41-22-13-18(14-22)12-17-8-10-37(11-9-17)26(39)28(40,29(33,34)35)19-4-3-5-20(15-19)42-27(31)32/h3-7,15-18,22,27,40H,8-14H2,1-2H3/t18?,22?,28-/m1/s1.